The minimum atomic E-state index is -0.318. The van der Waals surface area contributed by atoms with Crippen molar-refractivity contribution in [2.75, 3.05) is 0 Å². The van der Waals surface area contributed by atoms with E-state index >= 15 is 0 Å². The van der Waals surface area contributed by atoms with Crippen LogP contribution in [0.4, 0.5) is 5.69 Å². The van der Waals surface area contributed by atoms with Crippen LogP contribution in [0.3, 0.4) is 0 Å². The van der Waals surface area contributed by atoms with Crippen molar-refractivity contribution in [3.8, 4) is 0 Å². The first kappa shape index (κ1) is 11.4. The van der Waals surface area contributed by atoms with Gasteiger partial charge in [0.05, 0.1) is 4.92 Å². The van der Waals surface area contributed by atoms with E-state index in [-0.39, 0.29) is 10.6 Å². The maximum atomic E-state index is 10.8. The van der Waals surface area contributed by atoms with Crippen LogP contribution >= 0.6 is 0 Å². The van der Waals surface area contributed by atoms with Gasteiger partial charge in [0.15, 0.2) is 0 Å². The van der Waals surface area contributed by atoms with Crippen LogP contribution in [0.1, 0.15) is 25.0 Å². The van der Waals surface area contributed by atoms with Crippen molar-refractivity contribution in [2.45, 2.75) is 27.2 Å². The third-order valence-corrected chi connectivity index (χ3v) is 2.17. The molecule has 0 atom stereocenters. The van der Waals surface area contributed by atoms with E-state index in [0.717, 1.165) is 11.1 Å². The van der Waals surface area contributed by atoms with Crippen molar-refractivity contribution >= 4 is 5.69 Å². The Morgan fingerprint density at radius 3 is 2.67 bits per heavy atom. The smallest absolute Gasteiger partial charge is 0.258 e. The second-order valence-corrected chi connectivity index (χ2v) is 3.87. The number of benzene rings is 1. The number of hydrogen-bond acceptors (Lipinski definition) is 2. The van der Waals surface area contributed by atoms with E-state index in [9.17, 15) is 10.1 Å². The summed E-state index contributed by atoms with van der Waals surface area (Å²) in [6.45, 7) is 5.83. The second-order valence-electron chi connectivity index (χ2n) is 3.87. The molecule has 0 spiro atoms. The topological polar surface area (TPSA) is 43.1 Å². The molecule has 3 nitrogen and oxygen atoms in total. The predicted octanol–water partition coefficient (Wildman–Crippen LogP) is 3.41. The number of nitro groups is 1. The molecule has 0 amide bonds. The molecule has 0 unspecified atom stereocenters. The molecule has 0 fully saturated rings. The summed E-state index contributed by atoms with van der Waals surface area (Å²) in [6, 6.07) is 5.35. The lowest BCUT2D eigenvalue weighted by Crippen LogP contribution is -1.95. The Balaban J connectivity index is 3.06. The van der Waals surface area contributed by atoms with Crippen LogP contribution in [0.25, 0.3) is 0 Å². The zero-order valence-electron chi connectivity index (χ0n) is 9.28. The van der Waals surface area contributed by atoms with Gasteiger partial charge in [-0.15, -0.1) is 0 Å². The monoisotopic (exact) mass is 205 g/mol. The molecule has 0 aromatic heterocycles. The Labute approximate surface area is 89.6 Å². The molecule has 0 aliphatic carbocycles. The third kappa shape index (κ3) is 3.20. The van der Waals surface area contributed by atoms with Crippen LogP contribution in [0.2, 0.25) is 0 Å². The Hall–Kier alpha value is -1.64. The zero-order valence-corrected chi connectivity index (χ0v) is 9.28. The average molecular weight is 205 g/mol. The van der Waals surface area contributed by atoms with Crippen molar-refractivity contribution in [2.24, 2.45) is 0 Å². The summed E-state index contributed by atoms with van der Waals surface area (Å²) < 4.78 is 0. The standard InChI is InChI=1S/C12H15NO2/c1-9(2)4-6-11-7-5-10(3)8-12(11)13(14)15/h4-5,7-8H,6H2,1-3H3. The molecule has 0 heterocycles. The first-order valence-electron chi connectivity index (χ1n) is 4.88. The zero-order chi connectivity index (χ0) is 11.4. The maximum Gasteiger partial charge on any atom is 0.273 e. The Morgan fingerprint density at radius 1 is 1.47 bits per heavy atom. The van der Waals surface area contributed by atoms with E-state index in [0.29, 0.717) is 6.42 Å². The van der Waals surface area contributed by atoms with Crippen molar-refractivity contribution < 1.29 is 4.92 Å². The minimum absolute atomic E-state index is 0.215. The van der Waals surface area contributed by atoms with Gasteiger partial charge in [0.1, 0.15) is 0 Å². The van der Waals surface area contributed by atoms with E-state index in [1.54, 1.807) is 6.07 Å². The second kappa shape index (κ2) is 4.73. The summed E-state index contributed by atoms with van der Waals surface area (Å²) in [4.78, 5) is 10.5. The highest BCUT2D eigenvalue weighted by Gasteiger charge is 2.11. The van der Waals surface area contributed by atoms with Crippen molar-refractivity contribution in [1.82, 2.24) is 0 Å². The highest BCUT2D eigenvalue weighted by molar-refractivity contribution is 5.44. The molecule has 0 saturated carbocycles. The van der Waals surface area contributed by atoms with Gasteiger partial charge in [-0.05, 0) is 32.8 Å². The van der Waals surface area contributed by atoms with Crippen molar-refractivity contribution in [3.63, 3.8) is 0 Å². The van der Waals surface area contributed by atoms with Crippen LogP contribution in [-0.2, 0) is 6.42 Å². The molecule has 0 radical (unpaired) electrons. The average Bonchev–Trinajstić information content (AvgIpc) is 2.15. The summed E-state index contributed by atoms with van der Waals surface area (Å²) in [5.41, 5.74) is 3.08. The molecule has 1 aromatic rings. The van der Waals surface area contributed by atoms with Gasteiger partial charge >= 0.3 is 0 Å². The molecule has 0 saturated heterocycles. The molecular formula is C12H15NO2. The summed E-state index contributed by atoms with van der Waals surface area (Å²) in [5, 5.41) is 10.8. The molecule has 3 heteroatoms. The lowest BCUT2D eigenvalue weighted by Gasteiger charge is -2.01. The largest absolute Gasteiger partial charge is 0.273 e. The molecule has 0 N–H and O–H groups in total. The van der Waals surface area contributed by atoms with Crippen LogP contribution in [-0.4, -0.2) is 4.92 Å². The molecule has 0 bridgehead atoms. The number of hydrogen-bond donors (Lipinski definition) is 0. The van der Waals surface area contributed by atoms with E-state index in [1.165, 1.54) is 5.57 Å². The number of nitro benzene ring substituents is 1. The first-order valence-corrected chi connectivity index (χ1v) is 4.88. The quantitative estimate of drug-likeness (QED) is 0.431. The fraction of sp³-hybridized carbons (Fsp3) is 0.333. The van der Waals surface area contributed by atoms with Gasteiger partial charge in [-0.3, -0.25) is 10.1 Å². The van der Waals surface area contributed by atoms with Crippen molar-refractivity contribution in [1.29, 1.82) is 0 Å². The number of aryl methyl sites for hydroxylation is 1. The number of allylic oxidation sites excluding steroid dienone is 2. The van der Waals surface area contributed by atoms with Gasteiger partial charge in [0.25, 0.3) is 5.69 Å². The normalized spacial score (nSPS) is 9.80. The maximum absolute atomic E-state index is 10.8. The molecule has 80 valence electrons. The van der Waals surface area contributed by atoms with Crippen LogP contribution < -0.4 is 0 Å². The molecule has 0 aliphatic rings. The molecule has 0 aliphatic heterocycles. The van der Waals surface area contributed by atoms with Gasteiger partial charge in [-0.25, -0.2) is 0 Å². The fourth-order valence-electron chi connectivity index (χ4n) is 1.33. The summed E-state index contributed by atoms with van der Waals surface area (Å²) in [7, 11) is 0. The van der Waals surface area contributed by atoms with E-state index in [2.05, 4.69) is 0 Å². The molecule has 15 heavy (non-hydrogen) atoms. The fourth-order valence-corrected chi connectivity index (χ4v) is 1.33. The van der Waals surface area contributed by atoms with Gasteiger partial charge < -0.3 is 0 Å². The molecular weight excluding hydrogens is 190 g/mol. The predicted molar refractivity (Wildman–Crippen MR) is 61.0 cm³/mol. The Bertz CT molecular complexity index is 404. The van der Waals surface area contributed by atoms with Gasteiger partial charge in [-0.1, -0.05) is 23.8 Å². The van der Waals surface area contributed by atoms with Crippen LogP contribution in [0.15, 0.2) is 29.8 Å². The summed E-state index contributed by atoms with van der Waals surface area (Å²) in [5.74, 6) is 0. The number of rotatable bonds is 3. The van der Waals surface area contributed by atoms with Crippen LogP contribution in [0, 0.1) is 17.0 Å². The molecule has 1 aromatic carbocycles. The van der Waals surface area contributed by atoms with Gasteiger partial charge in [0.2, 0.25) is 0 Å². The molecule has 1 rings (SSSR count). The summed E-state index contributed by atoms with van der Waals surface area (Å²) >= 11 is 0. The minimum Gasteiger partial charge on any atom is -0.258 e. The Kier molecular flexibility index (Phi) is 3.61. The lowest BCUT2D eigenvalue weighted by molar-refractivity contribution is -0.385. The number of nitrogens with zero attached hydrogens (tertiary/aromatic N) is 1. The van der Waals surface area contributed by atoms with E-state index in [1.807, 2.05) is 39.0 Å². The SMILES string of the molecule is CC(C)=CCc1ccc(C)cc1[N+](=O)[O-]. The van der Waals surface area contributed by atoms with Gasteiger partial charge in [-0.2, -0.15) is 0 Å². The third-order valence-electron chi connectivity index (χ3n) is 2.17. The van der Waals surface area contributed by atoms with Crippen LogP contribution in [0.5, 0.6) is 0 Å². The van der Waals surface area contributed by atoms with Gasteiger partial charge in [0, 0.05) is 11.6 Å². The van der Waals surface area contributed by atoms with Crippen molar-refractivity contribution in [3.05, 3.63) is 51.1 Å². The lowest BCUT2D eigenvalue weighted by atomic mass is 10.1. The first-order chi connectivity index (χ1) is 7.00. The summed E-state index contributed by atoms with van der Waals surface area (Å²) in [6.07, 6.45) is 2.62. The Morgan fingerprint density at radius 2 is 2.13 bits per heavy atom. The van der Waals surface area contributed by atoms with E-state index in [4.69, 9.17) is 0 Å². The highest BCUT2D eigenvalue weighted by Crippen LogP contribution is 2.21. The highest BCUT2D eigenvalue weighted by atomic mass is 16.6. The van der Waals surface area contributed by atoms with E-state index < -0.39 is 0 Å².